The highest BCUT2D eigenvalue weighted by molar-refractivity contribution is 5.77. The van der Waals surface area contributed by atoms with Crippen LogP contribution in [0.1, 0.15) is 65.7 Å². The summed E-state index contributed by atoms with van der Waals surface area (Å²) in [6.45, 7) is 7.70. The Labute approximate surface area is 207 Å². The molecule has 1 saturated carbocycles. The van der Waals surface area contributed by atoms with Crippen molar-refractivity contribution in [2.75, 3.05) is 33.4 Å². The molecule has 3 rings (SSSR count). The molecule has 0 aromatic rings. The summed E-state index contributed by atoms with van der Waals surface area (Å²) in [7, 11) is 1.67. The fraction of sp³-hybridized carbons (Fsp3) is 0.840. The monoisotopic (exact) mass is 499 g/mol. The molecule has 1 spiro atoms. The first-order chi connectivity index (χ1) is 16.8. The number of unbranched alkanes of at least 4 members (excludes halogenated alkanes) is 3. The minimum atomic E-state index is -0.433. The van der Waals surface area contributed by atoms with Crippen LogP contribution in [0, 0.1) is 5.92 Å². The van der Waals surface area contributed by atoms with E-state index in [0.29, 0.717) is 26.1 Å². The fourth-order valence-corrected chi connectivity index (χ4v) is 5.39. The molecule has 0 bridgehead atoms. The summed E-state index contributed by atoms with van der Waals surface area (Å²) in [6.07, 6.45) is 7.04. The predicted molar refractivity (Wildman–Crippen MR) is 128 cm³/mol. The first kappa shape index (κ1) is 27.8. The number of ether oxygens (including phenoxy) is 4. The van der Waals surface area contributed by atoms with Gasteiger partial charge in [0.1, 0.15) is 30.0 Å². The number of hydrogen-bond acceptors (Lipinski definition) is 7. The third kappa shape index (κ3) is 7.38. The van der Waals surface area contributed by atoms with Crippen molar-refractivity contribution in [3.8, 4) is 0 Å². The van der Waals surface area contributed by atoms with Crippen molar-refractivity contribution >= 4 is 12.0 Å². The van der Waals surface area contributed by atoms with E-state index in [1.807, 2.05) is 0 Å². The maximum atomic E-state index is 12.5. The highest BCUT2D eigenvalue weighted by Gasteiger charge is 2.72. The molecule has 2 saturated heterocycles. The van der Waals surface area contributed by atoms with Gasteiger partial charge in [-0.3, -0.25) is 4.79 Å². The second-order valence-electron chi connectivity index (χ2n) is 10.3. The van der Waals surface area contributed by atoms with Crippen molar-refractivity contribution < 1.29 is 33.0 Å². The summed E-state index contributed by atoms with van der Waals surface area (Å²) in [4.78, 5) is 23.6. The zero-order valence-corrected chi connectivity index (χ0v) is 21.5. The summed E-state index contributed by atoms with van der Waals surface area (Å²) < 4.78 is 35.7. The zero-order valence-electron chi connectivity index (χ0n) is 21.5. The van der Waals surface area contributed by atoms with Gasteiger partial charge in [0, 0.05) is 20.2 Å². The van der Waals surface area contributed by atoms with Crippen LogP contribution in [0.4, 0.5) is 9.28 Å². The Bertz CT molecular complexity index is 757. The highest BCUT2D eigenvalue weighted by atomic mass is 19.2. The van der Waals surface area contributed by atoms with Gasteiger partial charge < -0.3 is 29.6 Å². The normalized spacial score (nSPS) is 33.2. The van der Waals surface area contributed by atoms with Crippen LogP contribution >= 0.6 is 0 Å². The van der Waals surface area contributed by atoms with Crippen molar-refractivity contribution in [1.82, 2.24) is 16.2 Å². The first-order valence-electron chi connectivity index (χ1n) is 12.8. The number of hydrogen-bond donors (Lipinski definition) is 3. The van der Waals surface area contributed by atoms with Gasteiger partial charge in [-0.2, -0.15) is 0 Å². The van der Waals surface area contributed by atoms with E-state index in [0.717, 1.165) is 38.5 Å². The Kier molecular flexibility index (Phi) is 9.92. The molecule has 2 amide bonds. The van der Waals surface area contributed by atoms with E-state index < -0.39 is 6.09 Å². The fourth-order valence-electron chi connectivity index (χ4n) is 5.39. The van der Waals surface area contributed by atoms with Gasteiger partial charge in [0.25, 0.3) is 0 Å². The van der Waals surface area contributed by atoms with Crippen molar-refractivity contribution in [2.45, 2.75) is 95.2 Å². The molecule has 9 nitrogen and oxygen atoms in total. The Morgan fingerprint density at radius 2 is 1.83 bits per heavy atom. The van der Waals surface area contributed by atoms with Crippen LogP contribution in [0.25, 0.3) is 0 Å². The van der Waals surface area contributed by atoms with E-state index in [2.05, 4.69) is 37.5 Å². The van der Waals surface area contributed by atoms with Gasteiger partial charge in [-0.1, -0.05) is 24.5 Å². The van der Waals surface area contributed by atoms with E-state index >= 15 is 0 Å². The maximum absolute atomic E-state index is 12.5. The van der Waals surface area contributed by atoms with Crippen LogP contribution in [0.3, 0.4) is 0 Å². The molecule has 0 radical (unpaired) electrons. The zero-order chi connectivity index (χ0) is 25.5. The Hall–Kier alpha value is -1.75. The van der Waals surface area contributed by atoms with Gasteiger partial charge in [0.05, 0.1) is 18.6 Å². The largest absolute Gasteiger partial charge is 0.443 e. The molecule has 0 aromatic carbocycles. The first-order valence-corrected chi connectivity index (χ1v) is 12.8. The van der Waals surface area contributed by atoms with E-state index in [9.17, 15) is 14.1 Å². The number of alkyl carbamates (subject to hydrolysis) is 1. The third-order valence-corrected chi connectivity index (χ3v) is 7.42. The van der Waals surface area contributed by atoms with E-state index in [1.165, 1.54) is 11.1 Å². The molecule has 10 heteroatoms. The Morgan fingerprint density at radius 3 is 2.43 bits per heavy atom. The smallest absolute Gasteiger partial charge is 0.407 e. The Morgan fingerprint density at radius 1 is 1.14 bits per heavy atom. The lowest BCUT2D eigenvalue weighted by Crippen LogP contribution is -2.56. The minimum Gasteiger partial charge on any atom is -0.443 e. The summed E-state index contributed by atoms with van der Waals surface area (Å²) in [5.41, 5.74) is 1.99. The molecule has 3 aliphatic rings. The molecule has 3 N–H and O–H groups in total. The van der Waals surface area contributed by atoms with Crippen LogP contribution in [-0.4, -0.2) is 74.9 Å². The molecule has 1 aliphatic carbocycles. The van der Waals surface area contributed by atoms with Crippen LogP contribution in [0.5, 0.6) is 0 Å². The number of amides is 2. The number of carbonyl (C=O) groups is 2. The standard InChI is InChI=1S/C25H42FN3O6/c1-17(2)9-10-19-24(3,35-19)22-21(32-4)18(11-12-25(22)16-33-25)34-23(31)28-14-8-6-5-7-13-27-20(30)15-29-26/h9,18-19,21-22,29H,5-8,10-16H2,1-4H3,(H,27,30)(H,28,31)/t18?,19-,21?,22?,24+,25+/m1/s1. The molecule has 6 atom stereocenters. The van der Waals surface area contributed by atoms with Crippen molar-refractivity contribution in [3.05, 3.63) is 11.6 Å². The van der Waals surface area contributed by atoms with Crippen molar-refractivity contribution in [1.29, 1.82) is 0 Å². The second-order valence-corrected chi connectivity index (χ2v) is 10.3. The van der Waals surface area contributed by atoms with E-state index in [-0.39, 0.29) is 47.9 Å². The average Bonchev–Trinajstić information content (AvgIpc) is 3.72. The molecule has 3 fully saturated rings. The van der Waals surface area contributed by atoms with Gasteiger partial charge >= 0.3 is 6.09 Å². The maximum Gasteiger partial charge on any atom is 0.407 e. The lowest BCUT2D eigenvalue weighted by atomic mass is 9.68. The summed E-state index contributed by atoms with van der Waals surface area (Å²) in [5.74, 6) is -0.357. The third-order valence-electron chi connectivity index (χ3n) is 7.42. The van der Waals surface area contributed by atoms with Crippen LogP contribution < -0.4 is 16.2 Å². The quantitative estimate of drug-likeness (QED) is 0.146. The lowest BCUT2D eigenvalue weighted by Gasteiger charge is -2.42. The second kappa shape index (κ2) is 12.5. The Balaban J connectivity index is 1.40. The molecular formula is C25H42FN3O6. The number of epoxide rings is 2. The van der Waals surface area contributed by atoms with Crippen LogP contribution in [-0.2, 0) is 23.7 Å². The number of halogens is 1. The molecular weight excluding hydrogens is 457 g/mol. The number of methoxy groups -OCH3 is 1. The van der Waals surface area contributed by atoms with Crippen molar-refractivity contribution in [2.24, 2.45) is 5.92 Å². The van der Waals surface area contributed by atoms with E-state index in [1.54, 1.807) is 7.11 Å². The predicted octanol–water partition coefficient (Wildman–Crippen LogP) is 2.94. The van der Waals surface area contributed by atoms with Gasteiger partial charge in [0.15, 0.2) is 0 Å². The number of nitrogens with one attached hydrogen (secondary N) is 3. The SMILES string of the molecule is COC1C(OC(=O)NCCCCCCNC(=O)CNF)CC[C@]2(CO2)C1[C@@]1(C)O[C@@H]1CC=C(C)C. The average molecular weight is 500 g/mol. The van der Waals surface area contributed by atoms with Crippen LogP contribution in [0.15, 0.2) is 11.6 Å². The van der Waals surface area contributed by atoms with Crippen LogP contribution in [0.2, 0.25) is 0 Å². The van der Waals surface area contributed by atoms with Gasteiger partial charge in [-0.25, -0.2) is 4.79 Å². The lowest BCUT2D eigenvalue weighted by molar-refractivity contribution is -0.120. The highest BCUT2D eigenvalue weighted by Crippen LogP contribution is 2.59. The number of carbonyl (C=O) groups excluding carboxylic acids is 2. The summed E-state index contributed by atoms with van der Waals surface area (Å²) >= 11 is 0. The molecule has 35 heavy (non-hydrogen) atoms. The molecule has 3 unspecified atom stereocenters. The number of rotatable bonds is 14. The summed E-state index contributed by atoms with van der Waals surface area (Å²) in [5, 5.41) is 5.47. The molecule has 2 aliphatic heterocycles. The van der Waals surface area contributed by atoms with Gasteiger partial charge in [0.2, 0.25) is 5.91 Å². The van der Waals surface area contributed by atoms with Gasteiger partial charge in [-0.05, 0) is 52.9 Å². The van der Waals surface area contributed by atoms with E-state index in [4.69, 9.17) is 18.9 Å². The van der Waals surface area contributed by atoms with Crippen molar-refractivity contribution in [3.63, 3.8) is 0 Å². The minimum absolute atomic E-state index is 0.00305. The molecule has 0 aromatic heterocycles. The van der Waals surface area contributed by atoms with Gasteiger partial charge in [-0.15, -0.1) is 10.0 Å². The molecule has 200 valence electrons. The number of allylic oxidation sites excluding steroid dienone is 1. The molecule has 2 heterocycles. The topological polar surface area (TPSA) is 114 Å². The summed E-state index contributed by atoms with van der Waals surface area (Å²) in [6, 6.07) is 0.